The van der Waals surface area contributed by atoms with Crippen LogP contribution >= 0.6 is 0 Å². The van der Waals surface area contributed by atoms with Gasteiger partial charge >= 0.3 is 0 Å². The number of anilines is 1. The standard InChI is InChI=1S/C18H23N3O5S/c1-14-7-10-20(11-8-14)27(24,25)16-4-5-17(18(13-16)21(22)23)19-9-6-15-3-2-12-26-15/h2-5,12-14,19H,6-11H2,1H3. The van der Waals surface area contributed by atoms with Gasteiger partial charge in [0.1, 0.15) is 11.4 Å². The minimum absolute atomic E-state index is 0.0414. The molecule has 1 fully saturated rings. The van der Waals surface area contributed by atoms with Crippen LogP contribution in [0.2, 0.25) is 0 Å². The largest absolute Gasteiger partial charge is 0.469 e. The van der Waals surface area contributed by atoms with Gasteiger partial charge in [-0.2, -0.15) is 4.31 Å². The Labute approximate surface area is 158 Å². The van der Waals surface area contributed by atoms with E-state index < -0.39 is 14.9 Å². The summed E-state index contributed by atoms with van der Waals surface area (Å²) in [5.41, 5.74) is 0.0404. The Balaban J connectivity index is 1.77. The smallest absolute Gasteiger partial charge is 0.293 e. The lowest BCUT2D eigenvalue weighted by molar-refractivity contribution is -0.384. The van der Waals surface area contributed by atoms with Crippen LogP contribution in [-0.4, -0.2) is 37.3 Å². The first-order valence-corrected chi connectivity index (χ1v) is 10.4. The number of sulfonamides is 1. The molecule has 1 saturated heterocycles. The predicted molar refractivity (Wildman–Crippen MR) is 101 cm³/mol. The summed E-state index contributed by atoms with van der Waals surface area (Å²) >= 11 is 0. The Hall–Kier alpha value is -2.39. The average Bonchev–Trinajstić information content (AvgIpc) is 3.15. The first kappa shape index (κ1) is 19.4. The van der Waals surface area contributed by atoms with Gasteiger partial charge in [-0.25, -0.2) is 8.42 Å². The molecule has 27 heavy (non-hydrogen) atoms. The highest BCUT2D eigenvalue weighted by atomic mass is 32.2. The quantitative estimate of drug-likeness (QED) is 0.572. The Morgan fingerprint density at radius 3 is 2.67 bits per heavy atom. The van der Waals surface area contributed by atoms with Crippen LogP contribution in [-0.2, 0) is 16.4 Å². The van der Waals surface area contributed by atoms with E-state index in [-0.39, 0.29) is 16.3 Å². The summed E-state index contributed by atoms with van der Waals surface area (Å²) in [6.45, 7) is 3.42. The van der Waals surface area contributed by atoms with E-state index in [9.17, 15) is 18.5 Å². The van der Waals surface area contributed by atoms with Crippen LogP contribution < -0.4 is 5.32 Å². The fourth-order valence-corrected chi connectivity index (χ4v) is 4.61. The molecule has 2 heterocycles. The summed E-state index contributed by atoms with van der Waals surface area (Å²) < 4.78 is 32.3. The lowest BCUT2D eigenvalue weighted by Gasteiger charge is -2.29. The fraction of sp³-hybridized carbons (Fsp3) is 0.444. The molecule has 0 bridgehead atoms. The van der Waals surface area contributed by atoms with Crippen molar-refractivity contribution < 1.29 is 17.8 Å². The molecular weight excluding hydrogens is 370 g/mol. The van der Waals surface area contributed by atoms with E-state index in [0.717, 1.165) is 24.7 Å². The molecule has 0 unspecified atom stereocenters. The van der Waals surface area contributed by atoms with E-state index in [2.05, 4.69) is 12.2 Å². The van der Waals surface area contributed by atoms with Crippen LogP contribution in [0.25, 0.3) is 0 Å². The highest BCUT2D eigenvalue weighted by Crippen LogP contribution is 2.30. The minimum atomic E-state index is -3.73. The molecule has 0 radical (unpaired) electrons. The van der Waals surface area contributed by atoms with Gasteiger partial charge < -0.3 is 9.73 Å². The van der Waals surface area contributed by atoms with Crippen LogP contribution in [0.4, 0.5) is 11.4 Å². The van der Waals surface area contributed by atoms with Gasteiger partial charge in [0.05, 0.1) is 16.1 Å². The number of nitrogens with one attached hydrogen (secondary N) is 1. The van der Waals surface area contributed by atoms with Gasteiger partial charge in [-0.1, -0.05) is 6.92 Å². The number of furan rings is 1. The highest BCUT2D eigenvalue weighted by molar-refractivity contribution is 7.89. The van der Waals surface area contributed by atoms with Crippen molar-refractivity contribution in [1.82, 2.24) is 4.31 Å². The van der Waals surface area contributed by atoms with Crippen molar-refractivity contribution in [1.29, 1.82) is 0 Å². The summed E-state index contributed by atoms with van der Waals surface area (Å²) in [7, 11) is -3.73. The molecule has 2 aromatic rings. The van der Waals surface area contributed by atoms with Crippen LogP contribution in [0.5, 0.6) is 0 Å². The zero-order chi connectivity index (χ0) is 19.4. The molecule has 1 aromatic heterocycles. The monoisotopic (exact) mass is 393 g/mol. The summed E-state index contributed by atoms with van der Waals surface area (Å²) in [6, 6.07) is 7.63. The van der Waals surface area contributed by atoms with E-state index in [1.165, 1.54) is 16.4 Å². The zero-order valence-corrected chi connectivity index (χ0v) is 15.9. The van der Waals surface area contributed by atoms with Crippen LogP contribution in [0.3, 0.4) is 0 Å². The van der Waals surface area contributed by atoms with Crippen LogP contribution in [0.1, 0.15) is 25.5 Å². The van der Waals surface area contributed by atoms with E-state index in [0.29, 0.717) is 32.0 Å². The van der Waals surface area contributed by atoms with Crippen molar-refractivity contribution >= 4 is 21.4 Å². The molecule has 1 N–H and O–H groups in total. The molecule has 1 aliphatic heterocycles. The number of piperidine rings is 1. The average molecular weight is 393 g/mol. The van der Waals surface area contributed by atoms with E-state index in [1.807, 2.05) is 6.07 Å². The summed E-state index contributed by atoms with van der Waals surface area (Å²) in [5.74, 6) is 1.26. The Morgan fingerprint density at radius 2 is 2.04 bits per heavy atom. The molecule has 3 rings (SSSR count). The fourth-order valence-electron chi connectivity index (χ4n) is 3.12. The second-order valence-electron chi connectivity index (χ2n) is 6.78. The molecule has 0 atom stereocenters. The predicted octanol–water partition coefficient (Wildman–Crippen LogP) is 3.26. The van der Waals surface area contributed by atoms with Gasteiger partial charge in [0.2, 0.25) is 10.0 Å². The Morgan fingerprint density at radius 1 is 1.30 bits per heavy atom. The van der Waals surface area contributed by atoms with Crippen molar-refractivity contribution in [3.63, 3.8) is 0 Å². The topological polar surface area (TPSA) is 106 Å². The van der Waals surface area contributed by atoms with Crippen LogP contribution in [0, 0.1) is 16.0 Å². The molecular formula is C18H23N3O5S. The maximum atomic E-state index is 12.8. The number of nitrogens with zero attached hydrogens (tertiary/aromatic N) is 2. The highest BCUT2D eigenvalue weighted by Gasteiger charge is 2.30. The van der Waals surface area contributed by atoms with Gasteiger partial charge in [0.25, 0.3) is 5.69 Å². The van der Waals surface area contributed by atoms with Crippen molar-refractivity contribution in [3.05, 3.63) is 52.5 Å². The second kappa shape index (κ2) is 8.10. The number of nitro groups is 1. The third-order valence-electron chi connectivity index (χ3n) is 4.81. The van der Waals surface area contributed by atoms with E-state index in [1.54, 1.807) is 12.3 Å². The molecule has 0 spiro atoms. The van der Waals surface area contributed by atoms with Crippen molar-refractivity contribution in [2.45, 2.75) is 31.1 Å². The summed E-state index contributed by atoms with van der Waals surface area (Å²) in [5, 5.41) is 14.4. The number of nitro benzene ring substituents is 1. The van der Waals surface area contributed by atoms with Crippen LogP contribution in [0.15, 0.2) is 45.9 Å². The SMILES string of the molecule is CC1CCN(S(=O)(=O)c2ccc(NCCc3ccco3)c([N+](=O)[O-])c2)CC1. The van der Waals surface area contributed by atoms with Crippen molar-refractivity contribution in [3.8, 4) is 0 Å². The maximum Gasteiger partial charge on any atom is 0.293 e. The normalized spacial score (nSPS) is 16.3. The summed E-state index contributed by atoms with van der Waals surface area (Å²) in [6.07, 6.45) is 3.73. The first-order chi connectivity index (χ1) is 12.9. The Kier molecular flexibility index (Phi) is 5.81. The second-order valence-corrected chi connectivity index (χ2v) is 8.72. The molecule has 0 aliphatic carbocycles. The maximum absolute atomic E-state index is 12.8. The number of hydrogen-bond acceptors (Lipinski definition) is 6. The molecule has 9 heteroatoms. The number of hydrogen-bond donors (Lipinski definition) is 1. The van der Waals surface area contributed by atoms with Crippen molar-refractivity contribution in [2.24, 2.45) is 5.92 Å². The minimum Gasteiger partial charge on any atom is -0.469 e. The third kappa shape index (κ3) is 4.48. The molecule has 1 aliphatic rings. The zero-order valence-electron chi connectivity index (χ0n) is 15.1. The molecule has 0 amide bonds. The molecule has 1 aromatic carbocycles. The molecule has 146 valence electrons. The first-order valence-electron chi connectivity index (χ1n) is 8.93. The van der Waals surface area contributed by atoms with E-state index in [4.69, 9.17) is 4.42 Å². The lowest BCUT2D eigenvalue weighted by atomic mass is 10.0. The molecule has 8 nitrogen and oxygen atoms in total. The van der Waals surface area contributed by atoms with Gasteiger partial charge in [0, 0.05) is 32.1 Å². The van der Waals surface area contributed by atoms with E-state index >= 15 is 0 Å². The number of rotatable bonds is 7. The number of benzene rings is 1. The molecule has 0 saturated carbocycles. The van der Waals surface area contributed by atoms with Gasteiger partial charge in [-0.05, 0) is 43.0 Å². The van der Waals surface area contributed by atoms with Gasteiger partial charge in [-0.3, -0.25) is 10.1 Å². The van der Waals surface area contributed by atoms with Gasteiger partial charge in [0.15, 0.2) is 0 Å². The Bertz CT molecular complexity index is 888. The summed E-state index contributed by atoms with van der Waals surface area (Å²) in [4.78, 5) is 10.8. The van der Waals surface area contributed by atoms with Gasteiger partial charge in [-0.15, -0.1) is 0 Å². The van der Waals surface area contributed by atoms with Crippen molar-refractivity contribution in [2.75, 3.05) is 25.0 Å². The lowest BCUT2D eigenvalue weighted by Crippen LogP contribution is -2.37. The third-order valence-corrected chi connectivity index (χ3v) is 6.71.